The van der Waals surface area contributed by atoms with Gasteiger partial charge in [-0.3, -0.25) is 9.59 Å². The summed E-state index contributed by atoms with van der Waals surface area (Å²) in [6.07, 6.45) is -4.08. The number of hydrogen-bond donors (Lipinski definition) is 2. The molecule has 1 aromatic carbocycles. The summed E-state index contributed by atoms with van der Waals surface area (Å²) < 4.78 is 48.2. The van der Waals surface area contributed by atoms with E-state index in [0.29, 0.717) is 26.1 Å². The van der Waals surface area contributed by atoms with Crippen molar-refractivity contribution in [1.82, 2.24) is 5.32 Å². The fraction of sp³-hybridized carbons (Fsp3) is 0.500. The number of benzene rings is 1. The Bertz CT molecular complexity index is 626. The molecule has 0 saturated carbocycles. The highest BCUT2D eigenvalue weighted by atomic mass is 19.4. The van der Waals surface area contributed by atoms with E-state index in [2.05, 4.69) is 5.32 Å². The smallest absolute Gasteiger partial charge is 0.416 e. The molecule has 0 atom stereocenters. The number of rotatable bonds is 6. The van der Waals surface area contributed by atoms with Crippen LogP contribution in [0.4, 0.5) is 13.2 Å². The Hall–Kier alpha value is -2.29. The average Bonchev–Trinajstić information content (AvgIpc) is 2.52. The molecule has 1 aliphatic rings. The van der Waals surface area contributed by atoms with Crippen molar-refractivity contribution in [1.29, 1.82) is 0 Å². The number of carboxylic acid groups (broad SMARTS) is 1. The lowest BCUT2D eigenvalue weighted by Gasteiger charge is -2.36. The zero-order valence-corrected chi connectivity index (χ0v) is 13.3. The van der Waals surface area contributed by atoms with E-state index in [4.69, 9.17) is 14.6 Å². The standard InChI is InChI=1S/C16H18F3NO5/c17-16(18,19)11-2-1-3-12(8-11)25-10-13(21)20-15(9-14(22)23)4-6-24-7-5-15/h1-3,8H,4-7,9-10H2,(H,20,21)(H,22,23). The number of carbonyl (C=O) groups is 2. The molecule has 0 spiro atoms. The van der Waals surface area contributed by atoms with Crippen LogP contribution in [0.5, 0.6) is 5.75 Å². The van der Waals surface area contributed by atoms with Gasteiger partial charge in [-0.1, -0.05) is 6.07 Å². The van der Waals surface area contributed by atoms with Crippen LogP contribution in [0.1, 0.15) is 24.8 Å². The van der Waals surface area contributed by atoms with Crippen molar-refractivity contribution in [3.05, 3.63) is 29.8 Å². The molecule has 0 unspecified atom stereocenters. The van der Waals surface area contributed by atoms with E-state index in [0.717, 1.165) is 12.1 Å². The third-order valence-corrected chi connectivity index (χ3v) is 3.88. The number of nitrogens with one attached hydrogen (secondary N) is 1. The first-order chi connectivity index (χ1) is 11.7. The van der Waals surface area contributed by atoms with Crippen molar-refractivity contribution >= 4 is 11.9 Å². The molecule has 0 aromatic heterocycles. The quantitative estimate of drug-likeness (QED) is 0.812. The zero-order chi connectivity index (χ0) is 18.5. The summed E-state index contributed by atoms with van der Waals surface area (Å²) in [6.45, 7) is 0.133. The van der Waals surface area contributed by atoms with Crippen molar-refractivity contribution in [2.75, 3.05) is 19.8 Å². The highest BCUT2D eigenvalue weighted by molar-refractivity contribution is 5.79. The lowest BCUT2D eigenvalue weighted by Crippen LogP contribution is -2.54. The van der Waals surface area contributed by atoms with Gasteiger partial charge < -0.3 is 19.9 Å². The first kappa shape index (κ1) is 19.0. The molecular weight excluding hydrogens is 343 g/mol. The third kappa shape index (κ3) is 5.63. The number of amides is 1. The van der Waals surface area contributed by atoms with Gasteiger partial charge in [0.05, 0.1) is 17.5 Å². The molecule has 0 aliphatic carbocycles. The predicted molar refractivity (Wildman–Crippen MR) is 80.1 cm³/mol. The molecule has 2 N–H and O–H groups in total. The second-order valence-electron chi connectivity index (χ2n) is 5.83. The minimum absolute atomic E-state index is 0.0933. The number of halogens is 3. The van der Waals surface area contributed by atoms with Crippen molar-refractivity contribution in [2.45, 2.75) is 31.0 Å². The Kier molecular flexibility index (Phi) is 5.89. The molecule has 6 nitrogen and oxygen atoms in total. The van der Waals surface area contributed by atoms with Crippen LogP contribution < -0.4 is 10.1 Å². The number of aliphatic carboxylic acids is 1. The van der Waals surface area contributed by atoms with Gasteiger partial charge in [-0.25, -0.2) is 0 Å². The van der Waals surface area contributed by atoms with E-state index in [1.807, 2.05) is 0 Å². The topological polar surface area (TPSA) is 84.9 Å². The second kappa shape index (κ2) is 7.73. The molecule has 1 fully saturated rings. The second-order valence-corrected chi connectivity index (χ2v) is 5.83. The number of alkyl halides is 3. The van der Waals surface area contributed by atoms with E-state index < -0.39 is 35.8 Å². The van der Waals surface area contributed by atoms with Crippen LogP contribution in [-0.4, -0.2) is 42.3 Å². The molecule has 2 rings (SSSR count). The van der Waals surface area contributed by atoms with Crippen molar-refractivity contribution in [2.24, 2.45) is 0 Å². The molecule has 1 heterocycles. The Morgan fingerprint density at radius 1 is 1.28 bits per heavy atom. The molecule has 0 radical (unpaired) electrons. The van der Waals surface area contributed by atoms with Gasteiger partial charge in [-0.2, -0.15) is 13.2 Å². The maximum atomic E-state index is 12.6. The average molecular weight is 361 g/mol. The SMILES string of the molecule is O=C(O)CC1(NC(=O)COc2cccc(C(F)(F)F)c2)CCOCC1. The third-order valence-electron chi connectivity index (χ3n) is 3.88. The lowest BCUT2D eigenvalue weighted by molar-refractivity contribution is -0.141. The summed E-state index contributed by atoms with van der Waals surface area (Å²) in [5.41, 5.74) is -1.81. The lowest BCUT2D eigenvalue weighted by atomic mass is 9.86. The molecule has 0 bridgehead atoms. The van der Waals surface area contributed by atoms with Crippen LogP contribution in [0, 0.1) is 0 Å². The Morgan fingerprint density at radius 2 is 1.96 bits per heavy atom. The monoisotopic (exact) mass is 361 g/mol. The van der Waals surface area contributed by atoms with E-state index in [9.17, 15) is 22.8 Å². The number of carbonyl (C=O) groups excluding carboxylic acids is 1. The van der Waals surface area contributed by atoms with Crippen LogP contribution in [0.25, 0.3) is 0 Å². The molecular formula is C16H18F3NO5. The summed E-state index contributed by atoms with van der Waals surface area (Å²) in [5, 5.41) is 11.7. The number of carboxylic acids is 1. The summed E-state index contributed by atoms with van der Waals surface area (Å²) in [7, 11) is 0. The minimum atomic E-state index is -4.50. The van der Waals surface area contributed by atoms with Gasteiger partial charge in [0.1, 0.15) is 5.75 Å². The Balaban J connectivity index is 1.96. The fourth-order valence-electron chi connectivity index (χ4n) is 2.64. The van der Waals surface area contributed by atoms with Gasteiger partial charge in [0.25, 0.3) is 5.91 Å². The summed E-state index contributed by atoms with van der Waals surface area (Å²) in [6, 6.07) is 4.19. The van der Waals surface area contributed by atoms with Gasteiger partial charge >= 0.3 is 12.1 Å². The number of hydrogen-bond acceptors (Lipinski definition) is 4. The maximum absolute atomic E-state index is 12.6. The first-order valence-corrected chi connectivity index (χ1v) is 7.61. The van der Waals surface area contributed by atoms with E-state index >= 15 is 0 Å². The molecule has 1 aliphatic heterocycles. The molecule has 138 valence electrons. The first-order valence-electron chi connectivity index (χ1n) is 7.61. The molecule has 25 heavy (non-hydrogen) atoms. The highest BCUT2D eigenvalue weighted by Gasteiger charge is 2.36. The van der Waals surface area contributed by atoms with Gasteiger partial charge in [0, 0.05) is 13.2 Å². The van der Waals surface area contributed by atoms with Crippen LogP contribution >= 0.6 is 0 Å². The fourth-order valence-corrected chi connectivity index (χ4v) is 2.64. The van der Waals surface area contributed by atoms with Crippen molar-refractivity contribution in [3.63, 3.8) is 0 Å². The molecule has 9 heteroatoms. The van der Waals surface area contributed by atoms with Gasteiger partial charge in [0.15, 0.2) is 6.61 Å². The van der Waals surface area contributed by atoms with Crippen LogP contribution in [0.2, 0.25) is 0 Å². The van der Waals surface area contributed by atoms with Crippen LogP contribution in [0.15, 0.2) is 24.3 Å². The molecule has 1 amide bonds. The summed E-state index contributed by atoms with van der Waals surface area (Å²) >= 11 is 0. The van der Waals surface area contributed by atoms with E-state index in [-0.39, 0.29) is 12.2 Å². The predicted octanol–water partition coefficient (Wildman–Crippen LogP) is 2.22. The summed E-state index contributed by atoms with van der Waals surface area (Å²) in [4.78, 5) is 23.1. The van der Waals surface area contributed by atoms with Crippen LogP contribution in [-0.2, 0) is 20.5 Å². The number of ether oxygens (including phenoxy) is 2. The highest BCUT2D eigenvalue weighted by Crippen LogP contribution is 2.31. The van der Waals surface area contributed by atoms with Crippen LogP contribution in [0.3, 0.4) is 0 Å². The van der Waals surface area contributed by atoms with E-state index in [1.165, 1.54) is 12.1 Å². The molecule has 1 aromatic rings. The maximum Gasteiger partial charge on any atom is 0.416 e. The van der Waals surface area contributed by atoms with Gasteiger partial charge in [-0.05, 0) is 31.0 Å². The Labute approximate surface area is 141 Å². The largest absolute Gasteiger partial charge is 0.484 e. The van der Waals surface area contributed by atoms with E-state index in [1.54, 1.807) is 0 Å². The minimum Gasteiger partial charge on any atom is -0.484 e. The normalized spacial score (nSPS) is 16.9. The zero-order valence-electron chi connectivity index (χ0n) is 13.3. The Morgan fingerprint density at radius 3 is 2.56 bits per heavy atom. The molecule has 1 saturated heterocycles. The van der Waals surface area contributed by atoms with Crippen molar-refractivity contribution in [3.8, 4) is 5.75 Å². The summed E-state index contributed by atoms with van der Waals surface area (Å²) in [5.74, 6) is -1.74. The van der Waals surface area contributed by atoms with Crippen molar-refractivity contribution < 1.29 is 37.3 Å². The van der Waals surface area contributed by atoms with Gasteiger partial charge in [-0.15, -0.1) is 0 Å². The van der Waals surface area contributed by atoms with Gasteiger partial charge in [0.2, 0.25) is 0 Å².